The molecule has 1 saturated heterocycles. The lowest BCUT2D eigenvalue weighted by Gasteiger charge is -2.33. The van der Waals surface area contributed by atoms with Crippen LogP contribution in [0.2, 0.25) is 0 Å². The molecule has 1 heterocycles. The molecule has 3 N–H and O–H groups in total. The van der Waals surface area contributed by atoms with Crippen molar-refractivity contribution in [3.05, 3.63) is 24.3 Å². The van der Waals surface area contributed by atoms with E-state index in [9.17, 15) is 15.2 Å². The molecule has 1 atom stereocenters. The van der Waals surface area contributed by atoms with Gasteiger partial charge in [0.25, 0.3) is 0 Å². The van der Waals surface area contributed by atoms with E-state index in [1.807, 2.05) is 24.3 Å². The molecule has 1 saturated carbocycles. The fourth-order valence-electron chi connectivity index (χ4n) is 3.40. The largest absolute Gasteiger partial charge is 0.393 e. The predicted molar refractivity (Wildman–Crippen MR) is 97.3 cm³/mol. The summed E-state index contributed by atoms with van der Waals surface area (Å²) in [5.74, 6) is 0.105. The van der Waals surface area contributed by atoms with Crippen LogP contribution in [-0.2, 0) is 4.79 Å². The van der Waals surface area contributed by atoms with Gasteiger partial charge in [0.15, 0.2) is 0 Å². The molecule has 3 rings (SSSR count). The zero-order valence-corrected chi connectivity index (χ0v) is 14.7. The van der Waals surface area contributed by atoms with E-state index < -0.39 is 5.54 Å². The van der Waals surface area contributed by atoms with E-state index >= 15 is 0 Å². The van der Waals surface area contributed by atoms with Crippen LogP contribution < -0.4 is 15.5 Å². The van der Waals surface area contributed by atoms with Crippen molar-refractivity contribution in [2.45, 2.75) is 44.2 Å². The molecule has 2 fully saturated rings. The Bertz CT molecular complexity index is 660. The fourth-order valence-corrected chi connectivity index (χ4v) is 3.40. The van der Waals surface area contributed by atoms with Crippen LogP contribution >= 0.6 is 0 Å². The summed E-state index contributed by atoms with van der Waals surface area (Å²) >= 11 is 0. The Morgan fingerprint density at radius 2 is 2.00 bits per heavy atom. The minimum absolute atomic E-state index is 0.136. The van der Waals surface area contributed by atoms with E-state index in [-0.39, 0.29) is 24.5 Å². The maximum absolute atomic E-state index is 12.3. The van der Waals surface area contributed by atoms with Crippen LogP contribution in [0.5, 0.6) is 0 Å². The number of amides is 1. The molecule has 6 nitrogen and oxygen atoms in total. The van der Waals surface area contributed by atoms with Crippen LogP contribution in [0, 0.1) is 17.2 Å². The van der Waals surface area contributed by atoms with Gasteiger partial charge in [0.1, 0.15) is 5.54 Å². The molecule has 134 valence electrons. The Kier molecular flexibility index (Phi) is 5.14. The van der Waals surface area contributed by atoms with E-state index in [1.165, 1.54) is 0 Å². The molecule has 1 aliphatic heterocycles. The molecule has 0 aromatic heterocycles. The number of hydrogen-bond acceptors (Lipinski definition) is 5. The Labute approximate surface area is 148 Å². The van der Waals surface area contributed by atoms with E-state index in [4.69, 9.17) is 0 Å². The number of benzene rings is 1. The first-order chi connectivity index (χ1) is 12.0. The Hall–Kier alpha value is -2.26. The van der Waals surface area contributed by atoms with Crippen LogP contribution in [0.25, 0.3) is 0 Å². The third-order valence-electron chi connectivity index (χ3n) is 5.17. The summed E-state index contributed by atoms with van der Waals surface area (Å²) in [6.45, 7) is 3.55. The van der Waals surface area contributed by atoms with Crippen molar-refractivity contribution in [1.29, 1.82) is 5.26 Å². The molecule has 25 heavy (non-hydrogen) atoms. The first-order valence-corrected chi connectivity index (χ1v) is 9.00. The number of carbonyl (C=O) groups excluding carboxylic acids is 1. The number of piperidine rings is 1. The average molecular weight is 342 g/mol. The van der Waals surface area contributed by atoms with Crippen molar-refractivity contribution in [3.8, 4) is 6.07 Å². The quantitative estimate of drug-likeness (QED) is 0.734. The molecule has 1 aliphatic carbocycles. The SMILES string of the molecule is C[C@](C#N)(NC(=O)CNc1ccccc1N1CCC(O)CC1)C1CC1. The smallest absolute Gasteiger partial charge is 0.240 e. The molecule has 2 aliphatic rings. The van der Waals surface area contributed by atoms with Gasteiger partial charge in [-0.05, 0) is 50.7 Å². The standard InChI is InChI=1S/C19H26N4O2/c1-19(13-20,14-6-7-14)22-18(25)12-21-16-4-2-3-5-17(16)23-10-8-15(24)9-11-23/h2-5,14-15,21,24H,6-12H2,1H3,(H,22,25)/t19-/m1/s1. The van der Waals surface area contributed by atoms with Gasteiger partial charge in [-0.25, -0.2) is 0 Å². The van der Waals surface area contributed by atoms with Crippen molar-refractivity contribution in [2.24, 2.45) is 5.92 Å². The molecule has 0 bridgehead atoms. The molecule has 0 spiro atoms. The van der Waals surface area contributed by atoms with E-state index in [0.29, 0.717) is 0 Å². The van der Waals surface area contributed by atoms with Gasteiger partial charge < -0.3 is 20.6 Å². The number of nitrogens with zero attached hydrogens (tertiary/aromatic N) is 2. The molecule has 1 aromatic carbocycles. The highest BCUT2D eigenvalue weighted by atomic mass is 16.3. The number of aliphatic hydroxyl groups is 1. The summed E-state index contributed by atoms with van der Waals surface area (Å²) in [5.41, 5.74) is 1.19. The highest BCUT2D eigenvalue weighted by molar-refractivity contribution is 5.83. The van der Waals surface area contributed by atoms with E-state index in [0.717, 1.165) is 50.1 Å². The number of aliphatic hydroxyl groups excluding tert-OH is 1. The second-order valence-corrected chi connectivity index (χ2v) is 7.23. The summed E-state index contributed by atoms with van der Waals surface area (Å²) < 4.78 is 0. The fraction of sp³-hybridized carbons (Fsp3) is 0.579. The van der Waals surface area contributed by atoms with Gasteiger partial charge >= 0.3 is 0 Å². The minimum Gasteiger partial charge on any atom is -0.393 e. The van der Waals surface area contributed by atoms with Gasteiger partial charge in [-0.15, -0.1) is 0 Å². The third-order valence-corrected chi connectivity index (χ3v) is 5.17. The Morgan fingerprint density at radius 1 is 1.32 bits per heavy atom. The third kappa shape index (κ3) is 4.23. The van der Waals surface area contributed by atoms with E-state index in [1.54, 1.807) is 6.92 Å². The number of rotatable bonds is 6. The van der Waals surface area contributed by atoms with Crippen LogP contribution in [0.4, 0.5) is 11.4 Å². The molecular weight excluding hydrogens is 316 g/mol. The lowest BCUT2D eigenvalue weighted by atomic mass is 9.98. The molecule has 0 unspecified atom stereocenters. The average Bonchev–Trinajstić information content (AvgIpc) is 3.46. The van der Waals surface area contributed by atoms with Gasteiger partial charge in [0, 0.05) is 13.1 Å². The van der Waals surface area contributed by atoms with Crippen LogP contribution in [0.3, 0.4) is 0 Å². The summed E-state index contributed by atoms with van der Waals surface area (Å²) in [4.78, 5) is 14.5. The number of carbonyl (C=O) groups is 1. The van der Waals surface area contributed by atoms with Crippen LogP contribution in [0.15, 0.2) is 24.3 Å². The van der Waals surface area contributed by atoms with Crippen molar-refractivity contribution in [3.63, 3.8) is 0 Å². The number of nitrogens with one attached hydrogen (secondary N) is 2. The highest BCUT2D eigenvalue weighted by Gasteiger charge is 2.42. The number of anilines is 2. The first-order valence-electron chi connectivity index (χ1n) is 9.00. The summed E-state index contributed by atoms with van der Waals surface area (Å²) in [5, 5.41) is 25.1. The summed E-state index contributed by atoms with van der Waals surface area (Å²) in [7, 11) is 0. The van der Waals surface area contributed by atoms with Crippen molar-refractivity contribution in [2.75, 3.05) is 29.9 Å². The van der Waals surface area contributed by atoms with Gasteiger partial charge in [-0.1, -0.05) is 12.1 Å². The topological polar surface area (TPSA) is 88.4 Å². The second kappa shape index (κ2) is 7.32. The number of hydrogen-bond donors (Lipinski definition) is 3. The Morgan fingerprint density at radius 3 is 2.64 bits per heavy atom. The van der Waals surface area contributed by atoms with Crippen molar-refractivity contribution < 1.29 is 9.90 Å². The van der Waals surface area contributed by atoms with Crippen LogP contribution in [-0.4, -0.2) is 42.3 Å². The number of nitriles is 1. The zero-order chi connectivity index (χ0) is 17.9. The molecule has 6 heteroatoms. The maximum atomic E-state index is 12.3. The van der Waals surface area contributed by atoms with Crippen molar-refractivity contribution >= 4 is 17.3 Å². The second-order valence-electron chi connectivity index (χ2n) is 7.23. The van der Waals surface area contributed by atoms with Gasteiger partial charge in [-0.2, -0.15) is 5.26 Å². The minimum atomic E-state index is -0.763. The van der Waals surface area contributed by atoms with Gasteiger partial charge in [-0.3, -0.25) is 4.79 Å². The highest BCUT2D eigenvalue weighted by Crippen LogP contribution is 2.39. The molecule has 1 amide bonds. The normalized spacial score (nSPS) is 20.4. The summed E-state index contributed by atoms with van der Waals surface area (Å²) in [6, 6.07) is 10.1. The van der Waals surface area contributed by atoms with Gasteiger partial charge in [0.05, 0.1) is 30.1 Å². The molecule has 1 aromatic rings. The lowest BCUT2D eigenvalue weighted by molar-refractivity contribution is -0.120. The maximum Gasteiger partial charge on any atom is 0.240 e. The van der Waals surface area contributed by atoms with E-state index in [2.05, 4.69) is 21.6 Å². The summed E-state index contributed by atoms with van der Waals surface area (Å²) in [6.07, 6.45) is 3.31. The molecule has 0 radical (unpaired) electrons. The van der Waals surface area contributed by atoms with Crippen LogP contribution in [0.1, 0.15) is 32.6 Å². The predicted octanol–water partition coefficient (Wildman–Crippen LogP) is 1.87. The lowest BCUT2D eigenvalue weighted by Crippen LogP contribution is -2.48. The van der Waals surface area contributed by atoms with Crippen molar-refractivity contribution in [1.82, 2.24) is 5.32 Å². The monoisotopic (exact) mass is 342 g/mol. The first kappa shape index (κ1) is 17.6. The van der Waals surface area contributed by atoms with Gasteiger partial charge in [0.2, 0.25) is 5.91 Å². The Balaban J connectivity index is 1.60. The number of para-hydroxylation sites is 2. The zero-order valence-electron chi connectivity index (χ0n) is 14.7. The molecular formula is C19H26N4O2.